The molecule has 10 nitrogen and oxygen atoms in total. The van der Waals surface area contributed by atoms with Gasteiger partial charge < -0.3 is 24.2 Å². The molecule has 0 spiro atoms. The Morgan fingerprint density at radius 3 is 1.53 bits per heavy atom. The van der Waals surface area contributed by atoms with E-state index in [1.807, 2.05) is 0 Å². The molecule has 0 heterocycles. The standard InChI is InChI=1S/2C19H24O5S.Ca/c2*1-2-3-4-5-6-10-15-16(20)11-9-13-17(15)24-18-12-7-8-14-19(18)25(21,22)23;/h2*7-9,11-14,20H,2-6,10H2,1H3,(H,21,22,23);/q;;+2/p-2. The Labute approximate surface area is 332 Å². The second-order valence-corrected chi connectivity index (χ2v) is 14.6. The predicted octanol–water partition coefficient (Wildman–Crippen LogP) is 8.53. The summed E-state index contributed by atoms with van der Waals surface area (Å²) in [7, 11) is -9.05. The molecular formula is C38H46CaO10S2. The van der Waals surface area contributed by atoms with E-state index in [0.717, 1.165) is 57.8 Å². The van der Waals surface area contributed by atoms with Gasteiger partial charge >= 0.3 is 37.7 Å². The van der Waals surface area contributed by atoms with Crippen molar-refractivity contribution in [2.24, 2.45) is 0 Å². The largest absolute Gasteiger partial charge is 2.00 e. The third kappa shape index (κ3) is 14.6. The predicted molar refractivity (Wildman–Crippen MR) is 195 cm³/mol. The maximum Gasteiger partial charge on any atom is 2.00 e. The van der Waals surface area contributed by atoms with E-state index in [-0.39, 0.29) is 65.6 Å². The number of benzene rings is 4. The summed E-state index contributed by atoms with van der Waals surface area (Å²) < 4.78 is 77.8. The fourth-order valence-electron chi connectivity index (χ4n) is 5.32. The van der Waals surface area contributed by atoms with Crippen molar-refractivity contribution < 1.29 is 45.6 Å². The Kier molecular flexibility index (Phi) is 19.4. The molecule has 272 valence electrons. The molecule has 0 aliphatic carbocycles. The van der Waals surface area contributed by atoms with Crippen molar-refractivity contribution in [3.05, 3.63) is 96.1 Å². The van der Waals surface area contributed by atoms with E-state index in [2.05, 4.69) is 13.8 Å². The molecule has 0 aliphatic heterocycles. The van der Waals surface area contributed by atoms with Crippen molar-refractivity contribution in [3.8, 4) is 34.5 Å². The zero-order chi connectivity index (χ0) is 36.6. The van der Waals surface area contributed by atoms with Gasteiger partial charge in [0.15, 0.2) is 0 Å². The van der Waals surface area contributed by atoms with Crippen LogP contribution in [-0.2, 0) is 33.1 Å². The molecule has 13 heteroatoms. The van der Waals surface area contributed by atoms with Crippen molar-refractivity contribution in [1.82, 2.24) is 0 Å². The Hall–Kier alpha value is -2.84. The van der Waals surface area contributed by atoms with E-state index in [1.165, 1.54) is 48.9 Å². The molecule has 0 radical (unpaired) electrons. The van der Waals surface area contributed by atoms with Gasteiger partial charge in [-0.05, 0) is 73.7 Å². The van der Waals surface area contributed by atoms with Crippen LogP contribution < -0.4 is 14.6 Å². The summed E-state index contributed by atoms with van der Waals surface area (Å²) in [5.41, 5.74) is 1.15. The van der Waals surface area contributed by atoms with E-state index in [1.54, 1.807) is 42.5 Å². The molecule has 0 atom stereocenters. The Balaban J connectivity index is 0.000000347. The minimum absolute atomic E-state index is 0. The number of unbranched alkanes of at least 4 members (excludes halogenated alkanes) is 8. The molecule has 0 amide bonds. The average Bonchev–Trinajstić information content (AvgIpc) is 3.06. The molecule has 2 N–H and O–H groups in total. The second kappa shape index (κ2) is 22.3. The fourth-order valence-corrected chi connectivity index (χ4v) is 6.54. The summed E-state index contributed by atoms with van der Waals surface area (Å²) in [6.45, 7) is 4.29. The Bertz CT molecular complexity index is 1740. The van der Waals surface area contributed by atoms with Gasteiger partial charge in [0.2, 0.25) is 0 Å². The minimum Gasteiger partial charge on any atom is -0.872 e. The van der Waals surface area contributed by atoms with E-state index in [0.29, 0.717) is 35.5 Å². The molecule has 0 saturated heterocycles. The van der Waals surface area contributed by atoms with E-state index >= 15 is 0 Å². The van der Waals surface area contributed by atoms with Crippen LogP contribution in [0.25, 0.3) is 0 Å². The van der Waals surface area contributed by atoms with Crippen LogP contribution in [0.1, 0.15) is 89.2 Å². The second-order valence-electron chi connectivity index (χ2n) is 11.8. The maximum absolute atomic E-state index is 12.2. The van der Waals surface area contributed by atoms with Gasteiger partial charge in [-0.25, -0.2) is 8.42 Å². The van der Waals surface area contributed by atoms with Gasteiger partial charge in [0.25, 0.3) is 10.1 Å². The molecule has 0 fully saturated rings. The van der Waals surface area contributed by atoms with Crippen molar-refractivity contribution in [1.29, 1.82) is 0 Å². The number of hydrogen-bond acceptors (Lipinski definition) is 9. The number of aromatic hydroxyl groups is 1. The van der Waals surface area contributed by atoms with E-state index in [9.17, 15) is 36.2 Å². The molecular weight excluding hydrogens is 721 g/mol. The summed E-state index contributed by atoms with van der Waals surface area (Å²) in [4.78, 5) is -0.729. The fraction of sp³-hybridized carbons (Fsp3) is 0.368. The van der Waals surface area contributed by atoms with Gasteiger partial charge in [-0.1, -0.05) is 108 Å². The quantitative estimate of drug-likeness (QED) is 0.0568. The monoisotopic (exact) mass is 766 g/mol. The van der Waals surface area contributed by atoms with Gasteiger partial charge in [0.1, 0.15) is 43.8 Å². The van der Waals surface area contributed by atoms with Crippen LogP contribution in [0, 0.1) is 0 Å². The van der Waals surface area contributed by atoms with Crippen LogP contribution in [-0.4, -0.2) is 68.8 Å². The number of phenols is 1. The van der Waals surface area contributed by atoms with Crippen LogP contribution in [0.5, 0.6) is 34.5 Å². The summed E-state index contributed by atoms with van der Waals surface area (Å²) in [6.07, 6.45) is 12.0. The Morgan fingerprint density at radius 2 is 1.00 bits per heavy atom. The van der Waals surface area contributed by atoms with Crippen LogP contribution in [0.15, 0.2) is 94.7 Å². The molecule has 0 bridgehead atoms. The number of phenolic OH excluding ortho intramolecular Hbond substituents is 1. The number of rotatable bonds is 18. The third-order valence-electron chi connectivity index (χ3n) is 7.94. The van der Waals surface area contributed by atoms with Crippen LogP contribution >= 0.6 is 0 Å². The SMILES string of the molecule is CCCCCCCc1c(O)cccc1Oc1ccccc1S(=O)(=O)O.CCCCCCCc1c([O-])cccc1Oc1ccccc1S(=O)(=O)[O-].[Ca+2]. The third-order valence-corrected chi connectivity index (χ3v) is 9.71. The van der Waals surface area contributed by atoms with E-state index < -0.39 is 25.1 Å². The number of para-hydroxylation sites is 2. The van der Waals surface area contributed by atoms with E-state index in [4.69, 9.17) is 9.47 Å². The first-order chi connectivity index (χ1) is 23.9. The smallest absolute Gasteiger partial charge is 0.872 e. The first-order valence-electron chi connectivity index (χ1n) is 16.9. The first kappa shape index (κ1) is 44.3. The van der Waals surface area contributed by atoms with Crippen molar-refractivity contribution in [3.63, 3.8) is 0 Å². The zero-order valence-electron chi connectivity index (χ0n) is 29.3. The number of hydrogen-bond donors (Lipinski definition) is 2. The minimum atomic E-state index is -4.66. The molecule has 0 aromatic heterocycles. The van der Waals surface area contributed by atoms with Gasteiger partial charge in [0, 0.05) is 5.56 Å². The van der Waals surface area contributed by atoms with Crippen molar-refractivity contribution in [2.75, 3.05) is 0 Å². The Morgan fingerprint density at radius 1 is 0.569 bits per heavy atom. The normalized spacial score (nSPS) is 11.2. The zero-order valence-corrected chi connectivity index (χ0v) is 33.1. The van der Waals surface area contributed by atoms with Crippen LogP contribution in [0.3, 0.4) is 0 Å². The van der Waals surface area contributed by atoms with Gasteiger partial charge in [-0.15, -0.1) is 5.75 Å². The van der Waals surface area contributed by atoms with Crippen molar-refractivity contribution >= 4 is 58.0 Å². The topological polar surface area (TPSA) is 173 Å². The molecule has 4 aromatic rings. The van der Waals surface area contributed by atoms with Crippen LogP contribution in [0.2, 0.25) is 0 Å². The van der Waals surface area contributed by atoms with Crippen molar-refractivity contribution in [2.45, 2.75) is 101 Å². The maximum atomic E-state index is 12.2. The summed E-state index contributed by atoms with van der Waals surface area (Å²) in [6, 6.07) is 21.1. The van der Waals surface area contributed by atoms with Gasteiger partial charge in [-0.2, -0.15) is 8.42 Å². The molecule has 0 saturated carbocycles. The first-order valence-corrected chi connectivity index (χ1v) is 19.8. The average molecular weight is 767 g/mol. The molecule has 4 aromatic carbocycles. The number of ether oxygens (including phenoxy) is 2. The molecule has 4 rings (SSSR count). The summed E-state index contributed by atoms with van der Waals surface area (Å²) >= 11 is 0. The van der Waals surface area contributed by atoms with Gasteiger partial charge in [0.05, 0.1) is 4.90 Å². The van der Waals surface area contributed by atoms with Gasteiger partial charge in [-0.3, -0.25) is 4.55 Å². The summed E-state index contributed by atoms with van der Waals surface area (Å²) in [5, 5.41) is 22.3. The molecule has 0 unspecified atom stereocenters. The summed E-state index contributed by atoms with van der Waals surface area (Å²) in [5.74, 6) is 0.650. The molecule has 0 aliphatic rings. The molecule has 51 heavy (non-hydrogen) atoms. The van der Waals surface area contributed by atoms with Crippen LogP contribution in [0.4, 0.5) is 0 Å².